The average molecular weight is 258 g/mol. The first-order chi connectivity index (χ1) is 9.26. The molecular weight excluding hydrogens is 244 g/mol. The Kier molecular flexibility index (Phi) is 4.07. The maximum Gasteiger partial charge on any atom is 0.340 e. The Balaban J connectivity index is 2.40. The Morgan fingerprint density at radius 1 is 1.26 bits per heavy atom. The van der Waals surface area contributed by atoms with Gasteiger partial charge in [-0.1, -0.05) is 0 Å². The highest BCUT2D eigenvalue weighted by atomic mass is 16.5. The first-order valence-corrected chi connectivity index (χ1v) is 5.88. The first kappa shape index (κ1) is 13.0. The summed E-state index contributed by atoms with van der Waals surface area (Å²) in [5, 5.41) is 0. The van der Waals surface area contributed by atoms with Gasteiger partial charge in [0.2, 0.25) is 5.88 Å². The standard InChI is InChI=1S/C14H14N2O3/c1-3-19-14(17)11-5-4-8-15-13(11)10-6-7-12(18-2)16-9-10/h4-9H,3H2,1-2H3. The molecule has 0 radical (unpaired) electrons. The molecule has 2 rings (SSSR count). The van der Waals surface area contributed by atoms with Crippen molar-refractivity contribution in [2.75, 3.05) is 13.7 Å². The SMILES string of the molecule is CCOC(=O)c1cccnc1-c1ccc(OC)nc1. The molecular formula is C14H14N2O3. The monoisotopic (exact) mass is 258 g/mol. The minimum Gasteiger partial charge on any atom is -0.481 e. The van der Waals surface area contributed by atoms with Crippen molar-refractivity contribution in [3.63, 3.8) is 0 Å². The maximum atomic E-state index is 11.9. The lowest BCUT2D eigenvalue weighted by molar-refractivity contribution is 0.0527. The van der Waals surface area contributed by atoms with Gasteiger partial charge in [-0.05, 0) is 25.1 Å². The lowest BCUT2D eigenvalue weighted by Crippen LogP contribution is -2.07. The summed E-state index contributed by atoms with van der Waals surface area (Å²) in [5.74, 6) is 0.124. The highest BCUT2D eigenvalue weighted by molar-refractivity contribution is 5.95. The number of hydrogen-bond donors (Lipinski definition) is 0. The van der Waals surface area contributed by atoms with Gasteiger partial charge in [0, 0.05) is 24.0 Å². The van der Waals surface area contributed by atoms with Crippen LogP contribution in [0.2, 0.25) is 0 Å². The van der Waals surface area contributed by atoms with Crippen LogP contribution in [0.4, 0.5) is 0 Å². The number of nitrogens with zero attached hydrogens (tertiary/aromatic N) is 2. The Labute approximate surface area is 111 Å². The molecule has 0 amide bonds. The van der Waals surface area contributed by atoms with Gasteiger partial charge in [0.1, 0.15) is 0 Å². The number of pyridine rings is 2. The van der Waals surface area contributed by atoms with Crippen LogP contribution in [0, 0.1) is 0 Å². The fraction of sp³-hybridized carbons (Fsp3) is 0.214. The van der Waals surface area contributed by atoms with Crippen molar-refractivity contribution in [3.8, 4) is 17.1 Å². The molecule has 0 aliphatic rings. The molecule has 2 aromatic heterocycles. The summed E-state index contributed by atoms with van der Waals surface area (Å²) >= 11 is 0. The molecule has 0 N–H and O–H groups in total. The highest BCUT2D eigenvalue weighted by Crippen LogP contribution is 2.22. The third kappa shape index (κ3) is 2.88. The lowest BCUT2D eigenvalue weighted by Gasteiger charge is -2.07. The maximum absolute atomic E-state index is 11.9. The number of rotatable bonds is 4. The second-order valence-corrected chi connectivity index (χ2v) is 3.71. The van der Waals surface area contributed by atoms with E-state index in [1.807, 2.05) is 0 Å². The van der Waals surface area contributed by atoms with Gasteiger partial charge in [0.15, 0.2) is 0 Å². The molecule has 0 aliphatic heterocycles. The smallest absolute Gasteiger partial charge is 0.340 e. The van der Waals surface area contributed by atoms with Crippen LogP contribution in [-0.4, -0.2) is 29.7 Å². The van der Waals surface area contributed by atoms with Gasteiger partial charge in [-0.25, -0.2) is 9.78 Å². The predicted octanol–water partition coefficient (Wildman–Crippen LogP) is 2.33. The van der Waals surface area contributed by atoms with Crippen LogP contribution in [-0.2, 0) is 4.74 Å². The van der Waals surface area contributed by atoms with Gasteiger partial charge in [-0.3, -0.25) is 4.98 Å². The first-order valence-electron chi connectivity index (χ1n) is 5.88. The quantitative estimate of drug-likeness (QED) is 0.788. The van der Waals surface area contributed by atoms with Gasteiger partial charge in [0.05, 0.1) is 25.0 Å². The number of aromatic nitrogens is 2. The molecule has 19 heavy (non-hydrogen) atoms. The van der Waals surface area contributed by atoms with Gasteiger partial charge in [-0.15, -0.1) is 0 Å². The van der Waals surface area contributed by atoms with Gasteiger partial charge in [-0.2, -0.15) is 0 Å². The van der Waals surface area contributed by atoms with Crippen LogP contribution in [0.25, 0.3) is 11.3 Å². The van der Waals surface area contributed by atoms with Gasteiger partial charge < -0.3 is 9.47 Å². The van der Waals surface area contributed by atoms with Crippen molar-refractivity contribution in [1.29, 1.82) is 0 Å². The molecule has 0 fully saturated rings. The molecule has 98 valence electrons. The van der Waals surface area contributed by atoms with Crippen molar-refractivity contribution >= 4 is 5.97 Å². The van der Waals surface area contributed by atoms with Crippen molar-refractivity contribution in [3.05, 3.63) is 42.2 Å². The zero-order valence-electron chi connectivity index (χ0n) is 10.8. The van der Waals surface area contributed by atoms with Crippen LogP contribution in [0.3, 0.4) is 0 Å². The normalized spacial score (nSPS) is 10.0. The molecule has 5 nitrogen and oxygen atoms in total. The molecule has 2 aromatic rings. The number of carbonyl (C=O) groups excluding carboxylic acids is 1. The number of esters is 1. The van der Waals surface area contributed by atoms with E-state index in [2.05, 4.69) is 9.97 Å². The van der Waals surface area contributed by atoms with E-state index < -0.39 is 0 Å². The topological polar surface area (TPSA) is 61.3 Å². The molecule has 0 saturated heterocycles. The van der Waals surface area contributed by atoms with Crippen LogP contribution in [0.1, 0.15) is 17.3 Å². The molecule has 5 heteroatoms. The van der Waals surface area contributed by atoms with Gasteiger partial charge in [0.25, 0.3) is 0 Å². The van der Waals surface area contributed by atoms with Crippen LogP contribution in [0.5, 0.6) is 5.88 Å². The van der Waals surface area contributed by atoms with Crippen molar-refractivity contribution in [2.24, 2.45) is 0 Å². The van der Waals surface area contributed by atoms with Crippen LogP contribution < -0.4 is 4.74 Å². The van der Waals surface area contributed by atoms with E-state index in [-0.39, 0.29) is 5.97 Å². The number of carbonyl (C=O) groups is 1. The van der Waals surface area contributed by atoms with E-state index in [0.717, 1.165) is 5.56 Å². The van der Waals surface area contributed by atoms with E-state index in [9.17, 15) is 4.79 Å². The summed E-state index contributed by atoms with van der Waals surface area (Å²) in [6.45, 7) is 2.09. The third-order valence-corrected chi connectivity index (χ3v) is 2.52. The summed E-state index contributed by atoms with van der Waals surface area (Å²) in [7, 11) is 1.55. The predicted molar refractivity (Wildman–Crippen MR) is 70.0 cm³/mol. The number of ether oxygens (including phenoxy) is 2. The van der Waals surface area contributed by atoms with Crippen LogP contribution in [0.15, 0.2) is 36.7 Å². The minimum atomic E-state index is -0.388. The molecule has 0 aromatic carbocycles. The lowest BCUT2D eigenvalue weighted by atomic mass is 10.1. The summed E-state index contributed by atoms with van der Waals surface area (Å²) < 4.78 is 10.0. The minimum absolute atomic E-state index is 0.327. The van der Waals surface area contributed by atoms with Crippen molar-refractivity contribution in [1.82, 2.24) is 9.97 Å². The summed E-state index contributed by atoms with van der Waals surface area (Å²) in [6, 6.07) is 6.91. The fourth-order valence-electron chi connectivity index (χ4n) is 1.65. The highest BCUT2D eigenvalue weighted by Gasteiger charge is 2.14. The summed E-state index contributed by atoms with van der Waals surface area (Å²) in [6.07, 6.45) is 3.24. The molecule has 0 aliphatic carbocycles. The van der Waals surface area contributed by atoms with Crippen LogP contribution >= 0.6 is 0 Å². The Bertz CT molecular complexity index is 567. The van der Waals surface area contributed by atoms with Crippen molar-refractivity contribution in [2.45, 2.75) is 6.92 Å². The van der Waals surface area contributed by atoms with E-state index >= 15 is 0 Å². The zero-order chi connectivity index (χ0) is 13.7. The molecule has 2 heterocycles. The second-order valence-electron chi connectivity index (χ2n) is 3.71. The zero-order valence-corrected chi connectivity index (χ0v) is 10.8. The van der Waals surface area contributed by atoms with E-state index in [0.29, 0.717) is 23.7 Å². The van der Waals surface area contributed by atoms with E-state index in [1.54, 1.807) is 50.7 Å². The molecule has 0 bridgehead atoms. The number of methoxy groups -OCH3 is 1. The average Bonchev–Trinajstić information content (AvgIpc) is 2.47. The molecule has 0 atom stereocenters. The Morgan fingerprint density at radius 2 is 2.11 bits per heavy atom. The Morgan fingerprint density at radius 3 is 2.74 bits per heavy atom. The van der Waals surface area contributed by atoms with E-state index in [4.69, 9.17) is 9.47 Å². The molecule has 0 spiro atoms. The Hall–Kier alpha value is -2.43. The molecule has 0 saturated carbocycles. The molecule has 0 unspecified atom stereocenters. The fourth-order valence-corrected chi connectivity index (χ4v) is 1.65. The summed E-state index contributed by atoms with van der Waals surface area (Å²) in [4.78, 5) is 20.2. The number of hydrogen-bond acceptors (Lipinski definition) is 5. The largest absolute Gasteiger partial charge is 0.481 e. The second kappa shape index (κ2) is 5.95. The van der Waals surface area contributed by atoms with Crippen molar-refractivity contribution < 1.29 is 14.3 Å². The summed E-state index contributed by atoms with van der Waals surface area (Å²) in [5.41, 5.74) is 1.72. The van der Waals surface area contributed by atoms with E-state index in [1.165, 1.54) is 0 Å². The third-order valence-electron chi connectivity index (χ3n) is 2.52. The van der Waals surface area contributed by atoms with Gasteiger partial charge >= 0.3 is 5.97 Å².